The van der Waals surface area contributed by atoms with E-state index in [4.69, 9.17) is 14.7 Å². The van der Waals surface area contributed by atoms with Crippen LogP contribution in [0, 0.1) is 0 Å². The van der Waals surface area contributed by atoms with Crippen LogP contribution >= 0.6 is 11.3 Å². The van der Waals surface area contributed by atoms with E-state index in [1.165, 1.54) is 0 Å². The number of ether oxygens (including phenoxy) is 1. The van der Waals surface area contributed by atoms with Gasteiger partial charge >= 0.3 is 0 Å². The number of aromatic nitrogens is 4. The summed E-state index contributed by atoms with van der Waals surface area (Å²) in [6.45, 7) is 0.771. The van der Waals surface area contributed by atoms with E-state index in [2.05, 4.69) is 15.0 Å². The lowest BCUT2D eigenvalue weighted by atomic mass is 10.1. The fourth-order valence-electron chi connectivity index (χ4n) is 4.49. The Labute approximate surface area is 235 Å². The Balaban J connectivity index is 1.14. The number of rotatable bonds is 10. The van der Waals surface area contributed by atoms with Gasteiger partial charge in [0.25, 0.3) is 0 Å². The van der Waals surface area contributed by atoms with Crippen LogP contribution in [0.25, 0.3) is 38.4 Å². The molecule has 0 bridgehead atoms. The van der Waals surface area contributed by atoms with Crippen LogP contribution in [0.2, 0.25) is 0 Å². The van der Waals surface area contributed by atoms with Crippen molar-refractivity contribution in [1.29, 1.82) is 0 Å². The van der Waals surface area contributed by atoms with Crippen LogP contribution in [0.5, 0.6) is 5.75 Å². The van der Waals surface area contributed by atoms with Gasteiger partial charge in [0.2, 0.25) is 16.0 Å². The van der Waals surface area contributed by atoms with Crippen molar-refractivity contribution in [3.63, 3.8) is 0 Å². The van der Waals surface area contributed by atoms with Gasteiger partial charge in [-0.05, 0) is 47.5 Å². The van der Waals surface area contributed by atoms with E-state index in [1.807, 2.05) is 76.6 Å². The van der Waals surface area contributed by atoms with Gasteiger partial charge in [-0.1, -0.05) is 42.5 Å². The molecule has 0 amide bonds. The second kappa shape index (κ2) is 11.0. The molecule has 0 aliphatic rings. The number of hydrogen-bond acceptors (Lipinski definition) is 8. The molecule has 0 fully saturated rings. The number of fused-ring (bicyclic) bond motifs is 2. The zero-order chi connectivity index (χ0) is 27.5. The summed E-state index contributed by atoms with van der Waals surface area (Å²) < 4.78 is 35.7. The van der Waals surface area contributed by atoms with E-state index in [0.717, 1.165) is 44.1 Å². The number of methoxy groups -OCH3 is 1. The molecule has 0 saturated heterocycles. The van der Waals surface area contributed by atoms with E-state index in [0.29, 0.717) is 18.9 Å². The maximum Gasteiger partial charge on any atom is 0.240 e. The molecule has 3 aromatic carbocycles. The average Bonchev–Trinajstić information content (AvgIpc) is 3.59. The number of anilines is 1. The summed E-state index contributed by atoms with van der Waals surface area (Å²) in [5.74, 6) is 1.21. The molecular formula is C29H26N6O3S2. The van der Waals surface area contributed by atoms with E-state index in [-0.39, 0.29) is 11.4 Å². The summed E-state index contributed by atoms with van der Waals surface area (Å²) in [6.07, 6.45) is 4.23. The van der Waals surface area contributed by atoms with Crippen LogP contribution < -0.4 is 14.8 Å². The summed E-state index contributed by atoms with van der Waals surface area (Å²) in [5, 5.41) is 7.08. The molecule has 0 radical (unpaired) electrons. The molecule has 3 aromatic heterocycles. The SMILES string of the molecule is COc1cccc(-c2nc3sccn3c2-c2ccnc(NCCCNS(=O)(=O)c3ccc4ccccc4c3)n2)c1. The number of imidazole rings is 1. The molecule has 11 heteroatoms. The Morgan fingerprint density at radius 1 is 0.950 bits per heavy atom. The molecule has 202 valence electrons. The molecule has 3 heterocycles. The third-order valence-corrected chi connectivity index (χ3v) is 8.68. The lowest BCUT2D eigenvalue weighted by Crippen LogP contribution is -2.26. The monoisotopic (exact) mass is 570 g/mol. The van der Waals surface area contributed by atoms with Gasteiger partial charge in [0.05, 0.1) is 23.4 Å². The lowest BCUT2D eigenvalue weighted by Gasteiger charge is -2.10. The molecule has 6 aromatic rings. The predicted octanol–water partition coefficient (Wildman–Crippen LogP) is 5.46. The quantitative estimate of drug-likeness (QED) is 0.210. The Bertz CT molecular complexity index is 1920. The second-order valence-electron chi connectivity index (χ2n) is 9.05. The zero-order valence-electron chi connectivity index (χ0n) is 21.6. The highest BCUT2D eigenvalue weighted by molar-refractivity contribution is 7.89. The van der Waals surface area contributed by atoms with Gasteiger partial charge in [0.15, 0.2) is 4.96 Å². The van der Waals surface area contributed by atoms with Gasteiger partial charge in [-0.25, -0.2) is 28.1 Å². The minimum Gasteiger partial charge on any atom is -0.497 e. The van der Waals surface area contributed by atoms with Crippen molar-refractivity contribution >= 4 is 43.0 Å². The molecule has 2 N–H and O–H groups in total. The summed E-state index contributed by atoms with van der Waals surface area (Å²) in [4.78, 5) is 15.1. The summed E-state index contributed by atoms with van der Waals surface area (Å²) in [6, 6.07) is 22.5. The maximum atomic E-state index is 12.8. The third-order valence-electron chi connectivity index (χ3n) is 6.46. The number of sulfonamides is 1. The first-order chi connectivity index (χ1) is 19.5. The number of nitrogens with one attached hydrogen (secondary N) is 2. The van der Waals surface area contributed by atoms with Crippen molar-refractivity contribution in [2.24, 2.45) is 0 Å². The van der Waals surface area contributed by atoms with E-state index < -0.39 is 10.0 Å². The zero-order valence-corrected chi connectivity index (χ0v) is 23.2. The normalized spacial score (nSPS) is 11.7. The van der Waals surface area contributed by atoms with Crippen molar-refractivity contribution in [2.45, 2.75) is 11.3 Å². The van der Waals surface area contributed by atoms with Gasteiger partial charge in [0.1, 0.15) is 11.4 Å². The van der Waals surface area contributed by atoms with Crippen molar-refractivity contribution in [1.82, 2.24) is 24.1 Å². The van der Waals surface area contributed by atoms with Crippen LogP contribution in [-0.2, 0) is 10.0 Å². The highest BCUT2D eigenvalue weighted by Gasteiger charge is 2.19. The first-order valence-electron chi connectivity index (χ1n) is 12.7. The van der Waals surface area contributed by atoms with Gasteiger partial charge in [0, 0.05) is 36.4 Å². The fourth-order valence-corrected chi connectivity index (χ4v) is 6.31. The molecular weight excluding hydrogens is 544 g/mol. The fraction of sp³-hybridized carbons (Fsp3) is 0.138. The number of benzene rings is 3. The first-order valence-corrected chi connectivity index (χ1v) is 15.0. The molecule has 0 aliphatic heterocycles. The molecule has 0 atom stereocenters. The van der Waals surface area contributed by atoms with Crippen LogP contribution in [-0.4, -0.2) is 48.0 Å². The summed E-state index contributed by atoms with van der Waals surface area (Å²) in [7, 11) is -1.97. The predicted molar refractivity (Wildman–Crippen MR) is 158 cm³/mol. The summed E-state index contributed by atoms with van der Waals surface area (Å²) >= 11 is 1.55. The minimum absolute atomic E-state index is 0.252. The van der Waals surface area contributed by atoms with E-state index in [1.54, 1.807) is 36.8 Å². The smallest absolute Gasteiger partial charge is 0.240 e. The third kappa shape index (κ3) is 5.26. The molecule has 0 saturated carbocycles. The van der Waals surface area contributed by atoms with Crippen molar-refractivity contribution < 1.29 is 13.2 Å². The largest absolute Gasteiger partial charge is 0.497 e. The van der Waals surface area contributed by atoms with Crippen LogP contribution in [0.3, 0.4) is 0 Å². The van der Waals surface area contributed by atoms with Crippen molar-refractivity contribution in [3.8, 4) is 28.4 Å². The van der Waals surface area contributed by atoms with Gasteiger partial charge in [-0.15, -0.1) is 11.3 Å². The Kier molecular flexibility index (Phi) is 7.16. The highest BCUT2D eigenvalue weighted by atomic mass is 32.2. The Morgan fingerprint density at radius 3 is 2.70 bits per heavy atom. The van der Waals surface area contributed by atoms with Gasteiger partial charge in [-0.2, -0.15) is 0 Å². The maximum absolute atomic E-state index is 12.8. The van der Waals surface area contributed by atoms with E-state index in [9.17, 15) is 8.42 Å². The van der Waals surface area contributed by atoms with E-state index >= 15 is 0 Å². The highest BCUT2D eigenvalue weighted by Crippen LogP contribution is 2.34. The number of nitrogens with zero attached hydrogens (tertiary/aromatic N) is 4. The van der Waals surface area contributed by atoms with Crippen molar-refractivity contribution in [2.75, 3.05) is 25.5 Å². The topological polar surface area (TPSA) is 111 Å². The average molecular weight is 571 g/mol. The molecule has 0 unspecified atom stereocenters. The first kappa shape index (κ1) is 25.9. The number of hydrogen-bond donors (Lipinski definition) is 2. The van der Waals surface area contributed by atoms with Crippen LogP contribution in [0.15, 0.2) is 95.5 Å². The number of thiazole rings is 1. The molecule has 0 aliphatic carbocycles. The second-order valence-corrected chi connectivity index (χ2v) is 11.7. The minimum atomic E-state index is -3.61. The standard InChI is InChI=1S/C29H26N6O3S2/c1-38-23-9-4-8-22(18-23)26-27(35-16-17-39-29(35)34-26)25-12-15-31-28(33-25)30-13-5-14-32-40(36,37)24-11-10-20-6-2-3-7-21(20)19-24/h2-4,6-12,15-19,32H,5,13-14H2,1H3,(H,30,31,33). The Morgan fingerprint density at radius 2 is 1.82 bits per heavy atom. The molecule has 9 nitrogen and oxygen atoms in total. The molecule has 40 heavy (non-hydrogen) atoms. The van der Waals surface area contributed by atoms with Gasteiger partial charge < -0.3 is 10.1 Å². The molecule has 6 rings (SSSR count). The van der Waals surface area contributed by atoms with Gasteiger partial charge in [-0.3, -0.25) is 4.40 Å². The van der Waals surface area contributed by atoms with Crippen molar-refractivity contribution in [3.05, 3.63) is 90.6 Å². The lowest BCUT2D eigenvalue weighted by molar-refractivity contribution is 0.415. The van der Waals surface area contributed by atoms with Crippen LogP contribution in [0.4, 0.5) is 5.95 Å². The molecule has 0 spiro atoms. The van der Waals surface area contributed by atoms with Crippen LogP contribution in [0.1, 0.15) is 6.42 Å². The summed E-state index contributed by atoms with van der Waals surface area (Å²) in [5.41, 5.74) is 3.31. The Hall–Kier alpha value is -4.32.